The van der Waals surface area contributed by atoms with Gasteiger partial charge in [-0.15, -0.1) is 10.2 Å². The Bertz CT molecular complexity index is 1530. The third-order valence-electron chi connectivity index (χ3n) is 5.71. The van der Waals surface area contributed by atoms with Crippen LogP contribution in [0.4, 0.5) is 30.2 Å². The molecule has 0 saturated heterocycles. The summed E-state index contributed by atoms with van der Waals surface area (Å²) in [6, 6.07) is 16.0. The second-order valence-electron chi connectivity index (χ2n) is 8.46. The fourth-order valence-electron chi connectivity index (χ4n) is 3.66. The molecule has 40 heavy (non-hydrogen) atoms. The van der Waals surface area contributed by atoms with Crippen molar-refractivity contribution in [3.05, 3.63) is 93.8 Å². The molecule has 0 fully saturated rings. The Balaban J connectivity index is 1.54. The minimum Gasteiger partial charge on any atom is -0.497 e. The van der Waals surface area contributed by atoms with Crippen LogP contribution in [0, 0.1) is 17.0 Å². The summed E-state index contributed by atoms with van der Waals surface area (Å²) in [5.41, 5.74) is 0.945. The first-order valence-electron chi connectivity index (χ1n) is 11.7. The Morgan fingerprint density at radius 3 is 2.52 bits per heavy atom. The van der Waals surface area contributed by atoms with Gasteiger partial charge in [-0.2, -0.15) is 13.2 Å². The maximum absolute atomic E-state index is 13.1. The van der Waals surface area contributed by atoms with E-state index in [0.717, 1.165) is 23.9 Å². The predicted molar refractivity (Wildman–Crippen MR) is 144 cm³/mol. The fourth-order valence-corrected chi connectivity index (χ4v) is 4.43. The van der Waals surface area contributed by atoms with Crippen molar-refractivity contribution in [1.29, 1.82) is 0 Å². The van der Waals surface area contributed by atoms with Crippen LogP contribution in [0.3, 0.4) is 0 Å². The summed E-state index contributed by atoms with van der Waals surface area (Å²) in [6.07, 6.45) is -4.48. The number of halogens is 3. The summed E-state index contributed by atoms with van der Waals surface area (Å²) in [4.78, 5) is 23.2. The SMILES string of the molecule is COc1ccc(-n2c(CNc3cccc(C(F)(F)F)c3)nnc2SCC(=O)Nc2cc([N+](=O)[O-])ccc2C)cc1. The van der Waals surface area contributed by atoms with E-state index in [1.165, 1.54) is 31.4 Å². The Kier molecular flexibility index (Phi) is 8.58. The number of rotatable bonds is 10. The number of carbonyl (C=O) groups is 1. The van der Waals surface area contributed by atoms with Crippen LogP contribution in [-0.4, -0.2) is 38.5 Å². The molecule has 0 aliphatic heterocycles. The number of alkyl halides is 3. The van der Waals surface area contributed by atoms with Gasteiger partial charge in [0.25, 0.3) is 5.69 Å². The van der Waals surface area contributed by atoms with E-state index in [2.05, 4.69) is 20.8 Å². The molecule has 0 spiro atoms. The number of nitrogens with one attached hydrogen (secondary N) is 2. The number of aromatic nitrogens is 3. The molecule has 0 aliphatic rings. The molecule has 208 valence electrons. The van der Waals surface area contributed by atoms with Crippen LogP contribution < -0.4 is 15.4 Å². The molecule has 1 heterocycles. The summed E-state index contributed by atoms with van der Waals surface area (Å²) in [5.74, 6) is 0.500. The average Bonchev–Trinajstić information content (AvgIpc) is 3.34. The Morgan fingerprint density at radius 2 is 1.85 bits per heavy atom. The number of amides is 1. The predicted octanol–water partition coefficient (Wildman–Crippen LogP) is 5.85. The number of anilines is 2. The molecule has 14 heteroatoms. The van der Waals surface area contributed by atoms with Crippen molar-refractivity contribution in [2.24, 2.45) is 0 Å². The molecule has 4 rings (SSSR count). The van der Waals surface area contributed by atoms with E-state index in [1.807, 2.05) is 0 Å². The van der Waals surface area contributed by atoms with Gasteiger partial charge < -0.3 is 15.4 Å². The lowest BCUT2D eigenvalue weighted by Crippen LogP contribution is -2.16. The molecular formula is C26H23F3N6O4S. The number of nitro benzene ring substituents is 1. The summed E-state index contributed by atoms with van der Waals surface area (Å²) in [5, 5.41) is 25.5. The fraction of sp³-hybridized carbons (Fsp3) is 0.192. The number of hydrogen-bond acceptors (Lipinski definition) is 8. The van der Waals surface area contributed by atoms with Gasteiger partial charge in [0.05, 0.1) is 35.6 Å². The number of nitrogens with zero attached hydrogens (tertiary/aromatic N) is 4. The third-order valence-corrected chi connectivity index (χ3v) is 6.64. The van der Waals surface area contributed by atoms with Gasteiger partial charge in [0.15, 0.2) is 11.0 Å². The number of hydrogen-bond donors (Lipinski definition) is 2. The molecule has 1 amide bonds. The van der Waals surface area contributed by atoms with Crippen molar-refractivity contribution in [2.45, 2.75) is 24.8 Å². The first-order chi connectivity index (χ1) is 19.0. The lowest BCUT2D eigenvalue weighted by molar-refractivity contribution is -0.384. The van der Waals surface area contributed by atoms with Crippen LogP contribution in [0.2, 0.25) is 0 Å². The molecule has 0 atom stereocenters. The van der Waals surface area contributed by atoms with E-state index < -0.39 is 22.6 Å². The molecule has 2 N–H and O–H groups in total. The molecule has 0 saturated carbocycles. The van der Waals surface area contributed by atoms with Gasteiger partial charge in [0.2, 0.25) is 5.91 Å². The number of methoxy groups -OCH3 is 1. The number of thioether (sulfide) groups is 1. The van der Waals surface area contributed by atoms with Crippen LogP contribution in [-0.2, 0) is 17.5 Å². The van der Waals surface area contributed by atoms with Gasteiger partial charge in [0, 0.05) is 23.5 Å². The Hall–Kier alpha value is -4.59. The molecule has 1 aromatic heterocycles. The van der Waals surface area contributed by atoms with Gasteiger partial charge >= 0.3 is 6.18 Å². The monoisotopic (exact) mass is 572 g/mol. The van der Waals surface area contributed by atoms with Crippen LogP contribution in [0.5, 0.6) is 5.75 Å². The van der Waals surface area contributed by atoms with E-state index in [4.69, 9.17) is 4.74 Å². The minimum atomic E-state index is -4.48. The van der Waals surface area contributed by atoms with Gasteiger partial charge in [-0.1, -0.05) is 23.9 Å². The zero-order valence-corrected chi connectivity index (χ0v) is 22.0. The van der Waals surface area contributed by atoms with Crippen LogP contribution in [0.15, 0.2) is 71.9 Å². The third kappa shape index (κ3) is 6.88. The van der Waals surface area contributed by atoms with E-state index in [0.29, 0.717) is 33.7 Å². The van der Waals surface area contributed by atoms with Crippen LogP contribution in [0.1, 0.15) is 17.0 Å². The minimum absolute atomic E-state index is 0.0416. The smallest absolute Gasteiger partial charge is 0.416 e. The van der Waals surface area contributed by atoms with Gasteiger partial charge in [-0.3, -0.25) is 19.5 Å². The van der Waals surface area contributed by atoms with Crippen molar-refractivity contribution in [1.82, 2.24) is 14.8 Å². The Morgan fingerprint density at radius 1 is 1.10 bits per heavy atom. The second kappa shape index (κ2) is 12.1. The molecule has 0 radical (unpaired) electrons. The highest BCUT2D eigenvalue weighted by Crippen LogP contribution is 2.31. The molecule has 10 nitrogen and oxygen atoms in total. The Labute approximate surface area is 230 Å². The quantitative estimate of drug-likeness (QED) is 0.138. The van der Waals surface area contributed by atoms with Crippen molar-refractivity contribution in [3.8, 4) is 11.4 Å². The molecule has 3 aromatic carbocycles. The number of aryl methyl sites for hydroxylation is 1. The highest BCUT2D eigenvalue weighted by atomic mass is 32.2. The standard InChI is InChI=1S/C26H23F3N6O4S/c1-16-6-7-20(35(37)38)13-22(16)31-24(36)15-40-25-33-32-23(34(25)19-8-10-21(39-2)11-9-19)14-30-18-5-3-4-17(12-18)26(27,28)29/h3-13,30H,14-15H2,1-2H3,(H,31,36). The highest BCUT2D eigenvalue weighted by molar-refractivity contribution is 7.99. The molecule has 0 bridgehead atoms. The van der Waals surface area contributed by atoms with Gasteiger partial charge in [-0.25, -0.2) is 0 Å². The zero-order chi connectivity index (χ0) is 28.9. The number of non-ortho nitro benzene ring substituents is 1. The summed E-state index contributed by atoms with van der Waals surface area (Å²) < 4.78 is 46.2. The van der Waals surface area contributed by atoms with E-state index >= 15 is 0 Å². The second-order valence-corrected chi connectivity index (χ2v) is 9.40. The van der Waals surface area contributed by atoms with Crippen molar-refractivity contribution in [3.63, 3.8) is 0 Å². The number of benzene rings is 3. The van der Waals surface area contributed by atoms with E-state index in [-0.39, 0.29) is 23.7 Å². The zero-order valence-electron chi connectivity index (χ0n) is 21.2. The highest BCUT2D eigenvalue weighted by Gasteiger charge is 2.30. The van der Waals surface area contributed by atoms with Crippen molar-refractivity contribution < 1.29 is 27.6 Å². The van der Waals surface area contributed by atoms with Crippen LogP contribution >= 0.6 is 11.8 Å². The van der Waals surface area contributed by atoms with E-state index in [1.54, 1.807) is 41.8 Å². The summed E-state index contributed by atoms with van der Waals surface area (Å²) in [6.45, 7) is 1.76. The first-order valence-corrected chi connectivity index (χ1v) is 12.7. The molecule has 4 aromatic rings. The molecule has 0 aliphatic carbocycles. The molecule has 0 unspecified atom stereocenters. The van der Waals surface area contributed by atoms with Crippen molar-refractivity contribution in [2.75, 3.05) is 23.5 Å². The van der Waals surface area contributed by atoms with Gasteiger partial charge in [-0.05, 0) is 55.0 Å². The lowest BCUT2D eigenvalue weighted by Gasteiger charge is -2.13. The maximum Gasteiger partial charge on any atom is 0.416 e. The lowest BCUT2D eigenvalue weighted by atomic mass is 10.2. The summed E-state index contributed by atoms with van der Waals surface area (Å²) in [7, 11) is 1.53. The summed E-state index contributed by atoms with van der Waals surface area (Å²) >= 11 is 1.08. The van der Waals surface area contributed by atoms with Gasteiger partial charge in [0.1, 0.15) is 5.75 Å². The van der Waals surface area contributed by atoms with Crippen LogP contribution in [0.25, 0.3) is 5.69 Å². The average molecular weight is 573 g/mol. The number of ether oxygens (including phenoxy) is 1. The maximum atomic E-state index is 13.1. The number of carbonyl (C=O) groups excluding carboxylic acids is 1. The van der Waals surface area contributed by atoms with E-state index in [9.17, 15) is 28.1 Å². The molecular weight excluding hydrogens is 549 g/mol. The largest absolute Gasteiger partial charge is 0.497 e. The normalized spacial score (nSPS) is 11.2. The van der Waals surface area contributed by atoms with Crippen molar-refractivity contribution >= 4 is 34.7 Å². The first kappa shape index (κ1) is 28.4. The topological polar surface area (TPSA) is 124 Å². The number of nitro groups is 1.